The summed E-state index contributed by atoms with van der Waals surface area (Å²) in [5.41, 5.74) is 2.50. The van der Waals surface area contributed by atoms with Crippen LogP contribution in [-0.4, -0.2) is 0 Å². The highest BCUT2D eigenvalue weighted by Gasteiger charge is 2.10. The molecule has 0 radical (unpaired) electrons. The van der Waals surface area contributed by atoms with Gasteiger partial charge < -0.3 is 4.74 Å². The van der Waals surface area contributed by atoms with Crippen molar-refractivity contribution in [2.75, 3.05) is 0 Å². The van der Waals surface area contributed by atoms with Crippen LogP contribution in [0.3, 0.4) is 0 Å². The molecule has 2 aromatic carbocycles. The van der Waals surface area contributed by atoms with E-state index in [0.717, 1.165) is 12.8 Å². The molecule has 0 aliphatic heterocycles. The van der Waals surface area contributed by atoms with Crippen LogP contribution in [-0.2, 0) is 11.3 Å². The minimum Gasteiger partial charge on any atom is -0.369 e. The van der Waals surface area contributed by atoms with Crippen molar-refractivity contribution >= 4 is 0 Å². The molecule has 0 amide bonds. The van der Waals surface area contributed by atoms with Crippen molar-refractivity contribution in [3.63, 3.8) is 0 Å². The molecule has 1 unspecified atom stereocenters. The molecular formula is C17H20O. The van der Waals surface area contributed by atoms with Crippen LogP contribution in [0.1, 0.15) is 37.0 Å². The lowest BCUT2D eigenvalue weighted by atomic mass is 10.1. The minimum absolute atomic E-state index is 0.205. The molecular weight excluding hydrogens is 220 g/mol. The molecule has 2 rings (SSSR count). The summed E-state index contributed by atoms with van der Waals surface area (Å²) >= 11 is 0. The average molecular weight is 240 g/mol. The van der Waals surface area contributed by atoms with Gasteiger partial charge in [-0.3, -0.25) is 0 Å². The van der Waals surface area contributed by atoms with E-state index in [2.05, 4.69) is 55.5 Å². The molecule has 0 bridgehead atoms. The summed E-state index contributed by atoms with van der Waals surface area (Å²) < 4.78 is 6.05. The van der Waals surface area contributed by atoms with E-state index < -0.39 is 0 Å². The standard InChI is InChI=1S/C17H20O/c1-2-9-17(16-12-7-4-8-13-16)18-14-15-10-5-3-6-11-15/h3-8,10-13,17H,2,9,14H2,1H3. The van der Waals surface area contributed by atoms with Crippen molar-refractivity contribution in [1.29, 1.82) is 0 Å². The topological polar surface area (TPSA) is 9.23 Å². The summed E-state index contributed by atoms with van der Waals surface area (Å²) in [7, 11) is 0. The number of hydrogen-bond acceptors (Lipinski definition) is 1. The Morgan fingerprint density at radius 1 is 0.889 bits per heavy atom. The van der Waals surface area contributed by atoms with Crippen molar-refractivity contribution in [2.24, 2.45) is 0 Å². The van der Waals surface area contributed by atoms with Gasteiger partial charge in [0, 0.05) is 0 Å². The van der Waals surface area contributed by atoms with Crippen molar-refractivity contribution in [2.45, 2.75) is 32.5 Å². The van der Waals surface area contributed by atoms with Gasteiger partial charge in [-0.2, -0.15) is 0 Å². The molecule has 1 nitrogen and oxygen atoms in total. The zero-order valence-corrected chi connectivity index (χ0v) is 10.9. The summed E-state index contributed by atoms with van der Waals surface area (Å²) in [6.07, 6.45) is 2.40. The molecule has 0 spiro atoms. The van der Waals surface area contributed by atoms with Gasteiger partial charge in [-0.1, -0.05) is 74.0 Å². The predicted molar refractivity (Wildman–Crippen MR) is 75.3 cm³/mol. The van der Waals surface area contributed by atoms with E-state index in [0.29, 0.717) is 6.61 Å². The Balaban J connectivity index is 1.99. The van der Waals surface area contributed by atoms with Crippen LogP contribution in [0.25, 0.3) is 0 Å². The van der Waals surface area contributed by atoms with Crippen LogP contribution in [0.4, 0.5) is 0 Å². The zero-order chi connectivity index (χ0) is 12.6. The smallest absolute Gasteiger partial charge is 0.0829 e. The molecule has 0 N–H and O–H groups in total. The van der Waals surface area contributed by atoms with E-state index >= 15 is 0 Å². The quantitative estimate of drug-likeness (QED) is 0.708. The summed E-state index contributed by atoms with van der Waals surface area (Å²) in [5.74, 6) is 0. The lowest BCUT2D eigenvalue weighted by molar-refractivity contribution is 0.0334. The second-order valence-corrected chi connectivity index (χ2v) is 4.48. The third kappa shape index (κ3) is 3.71. The first kappa shape index (κ1) is 12.8. The third-order valence-electron chi connectivity index (χ3n) is 3.02. The molecule has 1 heteroatoms. The summed E-state index contributed by atoms with van der Waals surface area (Å²) in [5, 5.41) is 0. The molecule has 2 aromatic rings. The second kappa shape index (κ2) is 6.97. The van der Waals surface area contributed by atoms with Crippen LogP contribution in [0.2, 0.25) is 0 Å². The van der Waals surface area contributed by atoms with Gasteiger partial charge in [0.25, 0.3) is 0 Å². The Morgan fingerprint density at radius 2 is 1.50 bits per heavy atom. The maximum Gasteiger partial charge on any atom is 0.0829 e. The van der Waals surface area contributed by atoms with E-state index in [4.69, 9.17) is 4.74 Å². The van der Waals surface area contributed by atoms with Gasteiger partial charge in [0.15, 0.2) is 0 Å². The van der Waals surface area contributed by atoms with Crippen LogP contribution in [0, 0.1) is 0 Å². The molecule has 0 heterocycles. The van der Waals surface area contributed by atoms with Gasteiger partial charge in [0.1, 0.15) is 0 Å². The van der Waals surface area contributed by atoms with Crippen LogP contribution < -0.4 is 0 Å². The Morgan fingerprint density at radius 3 is 2.11 bits per heavy atom. The van der Waals surface area contributed by atoms with E-state index in [-0.39, 0.29) is 6.10 Å². The van der Waals surface area contributed by atoms with Crippen molar-refractivity contribution in [3.8, 4) is 0 Å². The largest absolute Gasteiger partial charge is 0.369 e. The summed E-state index contributed by atoms with van der Waals surface area (Å²) in [6.45, 7) is 2.88. The highest BCUT2D eigenvalue weighted by atomic mass is 16.5. The molecule has 0 aromatic heterocycles. The van der Waals surface area contributed by atoms with Gasteiger partial charge >= 0.3 is 0 Å². The normalized spacial score (nSPS) is 12.3. The highest BCUT2D eigenvalue weighted by molar-refractivity contribution is 5.18. The summed E-state index contributed by atoms with van der Waals surface area (Å²) in [6, 6.07) is 20.8. The fourth-order valence-corrected chi connectivity index (χ4v) is 2.05. The Kier molecular flexibility index (Phi) is 4.98. The van der Waals surface area contributed by atoms with Crippen LogP contribution in [0.15, 0.2) is 60.7 Å². The SMILES string of the molecule is CCCC(OCc1ccccc1)c1ccccc1. The first-order chi connectivity index (χ1) is 8.90. The zero-order valence-electron chi connectivity index (χ0n) is 10.9. The first-order valence-electron chi connectivity index (χ1n) is 6.60. The van der Waals surface area contributed by atoms with Crippen molar-refractivity contribution in [1.82, 2.24) is 0 Å². The monoisotopic (exact) mass is 240 g/mol. The maximum absolute atomic E-state index is 6.05. The van der Waals surface area contributed by atoms with Crippen LogP contribution >= 0.6 is 0 Å². The molecule has 0 saturated carbocycles. The Labute approximate surface area is 109 Å². The van der Waals surface area contributed by atoms with E-state index in [1.54, 1.807) is 0 Å². The highest BCUT2D eigenvalue weighted by Crippen LogP contribution is 2.23. The number of hydrogen-bond donors (Lipinski definition) is 0. The molecule has 0 aliphatic rings. The number of ether oxygens (including phenoxy) is 1. The lowest BCUT2D eigenvalue weighted by Crippen LogP contribution is -2.04. The molecule has 0 saturated heterocycles. The third-order valence-corrected chi connectivity index (χ3v) is 3.02. The Bertz CT molecular complexity index is 436. The fraction of sp³-hybridized carbons (Fsp3) is 0.294. The van der Waals surface area contributed by atoms with Crippen molar-refractivity contribution < 1.29 is 4.74 Å². The van der Waals surface area contributed by atoms with E-state index in [1.165, 1.54) is 11.1 Å². The number of benzene rings is 2. The van der Waals surface area contributed by atoms with Gasteiger partial charge in [0.2, 0.25) is 0 Å². The van der Waals surface area contributed by atoms with E-state index in [1.807, 2.05) is 12.1 Å². The van der Waals surface area contributed by atoms with Crippen molar-refractivity contribution in [3.05, 3.63) is 71.8 Å². The van der Waals surface area contributed by atoms with E-state index in [9.17, 15) is 0 Å². The van der Waals surface area contributed by atoms with Gasteiger partial charge in [-0.15, -0.1) is 0 Å². The maximum atomic E-state index is 6.05. The molecule has 94 valence electrons. The molecule has 1 atom stereocenters. The second-order valence-electron chi connectivity index (χ2n) is 4.48. The van der Waals surface area contributed by atoms with Crippen LogP contribution in [0.5, 0.6) is 0 Å². The first-order valence-corrected chi connectivity index (χ1v) is 6.60. The minimum atomic E-state index is 0.205. The predicted octanol–water partition coefficient (Wildman–Crippen LogP) is 4.74. The Hall–Kier alpha value is -1.60. The average Bonchev–Trinajstić information content (AvgIpc) is 2.45. The molecule has 18 heavy (non-hydrogen) atoms. The van der Waals surface area contributed by atoms with Gasteiger partial charge in [-0.25, -0.2) is 0 Å². The molecule has 0 aliphatic carbocycles. The van der Waals surface area contributed by atoms with Gasteiger partial charge in [0.05, 0.1) is 12.7 Å². The lowest BCUT2D eigenvalue weighted by Gasteiger charge is -2.17. The number of rotatable bonds is 6. The van der Waals surface area contributed by atoms with Gasteiger partial charge in [-0.05, 0) is 17.5 Å². The molecule has 0 fully saturated rings. The fourth-order valence-electron chi connectivity index (χ4n) is 2.05. The summed E-state index contributed by atoms with van der Waals surface area (Å²) in [4.78, 5) is 0.